The molecule has 1 aliphatic rings. The van der Waals surface area contributed by atoms with Crippen molar-refractivity contribution >= 4 is 17.3 Å². The maximum absolute atomic E-state index is 5.61. The first-order valence-electron chi connectivity index (χ1n) is 6.57. The van der Waals surface area contributed by atoms with Crippen LogP contribution in [0, 0.1) is 0 Å². The van der Waals surface area contributed by atoms with E-state index in [1.165, 1.54) is 12.8 Å². The lowest BCUT2D eigenvalue weighted by molar-refractivity contribution is 0.307. The first kappa shape index (κ1) is 13.1. The van der Waals surface area contributed by atoms with Crippen molar-refractivity contribution in [1.29, 1.82) is 0 Å². The Hall–Kier alpha value is -1.29. The summed E-state index contributed by atoms with van der Waals surface area (Å²) in [5, 5.41) is 7.27. The highest BCUT2D eigenvalue weighted by atomic mass is 32.1. The Balaban J connectivity index is 1.45. The molecule has 0 radical (unpaired) electrons. The fourth-order valence-corrected chi connectivity index (χ4v) is 1.87. The normalized spacial score (nSPS) is 14.0. The van der Waals surface area contributed by atoms with Gasteiger partial charge < -0.3 is 15.4 Å². The summed E-state index contributed by atoms with van der Waals surface area (Å²) >= 11 is 5.17. The van der Waals surface area contributed by atoms with E-state index in [4.69, 9.17) is 17.0 Å². The summed E-state index contributed by atoms with van der Waals surface area (Å²) in [6, 6.07) is 10.5. The van der Waals surface area contributed by atoms with Crippen LogP contribution in [0.15, 0.2) is 30.3 Å². The van der Waals surface area contributed by atoms with Crippen LogP contribution in [0.2, 0.25) is 0 Å². The van der Waals surface area contributed by atoms with Gasteiger partial charge in [-0.05, 0) is 50.0 Å². The second-order valence-electron chi connectivity index (χ2n) is 4.54. The van der Waals surface area contributed by atoms with Crippen LogP contribution >= 0.6 is 12.2 Å². The molecule has 1 saturated carbocycles. The molecular weight excluding hydrogens is 244 g/mol. The van der Waals surface area contributed by atoms with Crippen LogP contribution in [0.3, 0.4) is 0 Å². The monoisotopic (exact) mass is 264 g/mol. The largest absolute Gasteiger partial charge is 0.494 e. The highest BCUT2D eigenvalue weighted by Gasteiger charge is 2.21. The van der Waals surface area contributed by atoms with Crippen molar-refractivity contribution in [2.45, 2.75) is 31.7 Å². The summed E-state index contributed by atoms with van der Waals surface area (Å²) in [6.45, 7) is 1.67. The molecule has 0 spiro atoms. The molecule has 0 atom stereocenters. The number of hydrogen-bond donors (Lipinski definition) is 2. The van der Waals surface area contributed by atoms with Crippen molar-refractivity contribution < 1.29 is 4.74 Å². The Morgan fingerprint density at radius 1 is 1.22 bits per heavy atom. The molecule has 1 aromatic rings. The van der Waals surface area contributed by atoms with Crippen molar-refractivity contribution in [2.24, 2.45) is 0 Å². The lowest BCUT2D eigenvalue weighted by Gasteiger charge is -2.09. The molecule has 18 heavy (non-hydrogen) atoms. The molecule has 0 aromatic heterocycles. The molecular formula is C14H20N2OS. The van der Waals surface area contributed by atoms with Crippen LogP contribution in [0.4, 0.5) is 0 Å². The van der Waals surface area contributed by atoms with E-state index in [1.54, 1.807) is 0 Å². The topological polar surface area (TPSA) is 33.3 Å². The van der Waals surface area contributed by atoms with Gasteiger partial charge in [0.2, 0.25) is 0 Å². The van der Waals surface area contributed by atoms with Crippen molar-refractivity contribution in [3.05, 3.63) is 30.3 Å². The average Bonchev–Trinajstić information content (AvgIpc) is 3.19. The van der Waals surface area contributed by atoms with Gasteiger partial charge >= 0.3 is 0 Å². The smallest absolute Gasteiger partial charge is 0.166 e. The van der Waals surface area contributed by atoms with E-state index in [9.17, 15) is 0 Å². The third-order valence-electron chi connectivity index (χ3n) is 2.78. The van der Waals surface area contributed by atoms with Gasteiger partial charge in [-0.2, -0.15) is 0 Å². The van der Waals surface area contributed by atoms with Crippen molar-refractivity contribution in [2.75, 3.05) is 13.2 Å². The van der Waals surface area contributed by atoms with E-state index >= 15 is 0 Å². The number of unbranched alkanes of at least 4 members (excludes halogenated alkanes) is 1. The Morgan fingerprint density at radius 3 is 2.72 bits per heavy atom. The zero-order chi connectivity index (χ0) is 12.6. The number of hydrogen-bond acceptors (Lipinski definition) is 2. The van der Waals surface area contributed by atoms with Gasteiger partial charge in [-0.3, -0.25) is 0 Å². The fourth-order valence-electron chi connectivity index (χ4n) is 1.60. The first-order chi connectivity index (χ1) is 8.84. The third kappa shape index (κ3) is 5.36. The Kier molecular flexibility index (Phi) is 5.27. The Morgan fingerprint density at radius 2 is 2.00 bits per heavy atom. The Bertz CT molecular complexity index is 365. The van der Waals surface area contributed by atoms with Gasteiger partial charge in [-0.15, -0.1) is 0 Å². The van der Waals surface area contributed by atoms with Gasteiger partial charge in [0.05, 0.1) is 6.61 Å². The minimum absolute atomic E-state index is 0.631. The summed E-state index contributed by atoms with van der Waals surface area (Å²) in [4.78, 5) is 0. The zero-order valence-corrected chi connectivity index (χ0v) is 11.3. The van der Waals surface area contributed by atoms with Gasteiger partial charge in [0.25, 0.3) is 0 Å². The van der Waals surface area contributed by atoms with Crippen LogP contribution in [0.1, 0.15) is 25.7 Å². The van der Waals surface area contributed by atoms with Crippen LogP contribution in [-0.2, 0) is 0 Å². The Labute approximate surface area is 114 Å². The SMILES string of the molecule is S=C(NCCCCOc1ccccc1)NC1CC1. The number of benzene rings is 1. The van der Waals surface area contributed by atoms with Gasteiger partial charge in [0, 0.05) is 12.6 Å². The minimum atomic E-state index is 0.631. The van der Waals surface area contributed by atoms with Gasteiger partial charge in [0.1, 0.15) is 5.75 Å². The fraction of sp³-hybridized carbons (Fsp3) is 0.500. The predicted octanol–water partition coefficient (Wildman–Crippen LogP) is 2.47. The summed E-state index contributed by atoms with van der Waals surface area (Å²) in [5.74, 6) is 0.941. The summed E-state index contributed by atoms with van der Waals surface area (Å²) in [7, 11) is 0. The van der Waals surface area contributed by atoms with E-state index in [2.05, 4.69) is 10.6 Å². The van der Waals surface area contributed by atoms with E-state index in [0.29, 0.717) is 6.04 Å². The molecule has 2 rings (SSSR count). The molecule has 3 nitrogen and oxygen atoms in total. The minimum Gasteiger partial charge on any atom is -0.494 e. The second-order valence-corrected chi connectivity index (χ2v) is 4.95. The highest BCUT2D eigenvalue weighted by molar-refractivity contribution is 7.80. The number of nitrogens with one attached hydrogen (secondary N) is 2. The average molecular weight is 264 g/mol. The quantitative estimate of drug-likeness (QED) is 0.585. The maximum Gasteiger partial charge on any atom is 0.166 e. The number of ether oxygens (including phenoxy) is 1. The lowest BCUT2D eigenvalue weighted by atomic mass is 10.3. The summed E-state index contributed by atoms with van der Waals surface area (Å²) in [5.41, 5.74) is 0. The van der Waals surface area contributed by atoms with Crippen LogP contribution in [-0.4, -0.2) is 24.3 Å². The second kappa shape index (κ2) is 7.21. The number of para-hydroxylation sites is 1. The maximum atomic E-state index is 5.61. The zero-order valence-electron chi connectivity index (χ0n) is 10.5. The van der Waals surface area contributed by atoms with Crippen LogP contribution in [0.25, 0.3) is 0 Å². The van der Waals surface area contributed by atoms with E-state index < -0.39 is 0 Å². The molecule has 98 valence electrons. The van der Waals surface area contributed by atoms with E-state index in [1.807, 2.05) is 30.3 Å². The summed E-state index contributed by atoms with van der Waals surface area (Å²) in [6.07, 6.45) is 4.62. The molecule has 2 N–H and O–H groups in total. The van der Waals surface area contributed by atoms with Crippen LogP contribution < -0.4 is 15.4 Å². The van der Waals surface area contributed by atoms with E-state index in [0.717, 1.165) is 36.9 Å². The molecule has 4 heteroatoms. The standard InChI is InChI=1S/C14H20N2OS/c18-14(16-12-8-9-12)15-10-4-5-11-17-13-6-2-1-3-7-13/h1-3,6-7,12H,4-5,8-11H2,(H2,15,16,18). The highest BCUT2D eigenvalue weighted by Crippen LogP contribution is 2.18. The van der Waals surface area contributed by atoms with Gasteiger partial charge in [0.15, 0.2) is 5.11 Å². The molecule has 1 fully saturated rings. The molecule has 0 unspecified atom stereocenters. The molecule has 0 bridgehead atoms. The third-order valence-corrected chi connectivity index (χ3v) is 3.04. The molecule has 1 aromatic carbocycles. The van der Waals surface area contributed by atoms with Crippen LogP contribution in [0.5, 0.6) is 5.75 Å². The first-order valence-corrected chi connectivity index (χ1v) is 6.97. The van der Waals surface area contributed by atoms with E-state index in [-0.39, 0.29) is 0 Å². The molecule has 0 saturated heterocycles. The predicted molar refractivity (Wildman–Crippen MR) is 77.9 cm³/mol. The van der Waals surface area contributed by atoms with Crippen molar-refractivity contribution in [3.8, 4) is 5.75 Å². The van der Waals surface area contributed by atoms with Crippen molar-refractivity contribution in [3.63, 3.8) is 0 Å². The van der Waals surface area contributed by atoms with Gasteiger partial charge in [-0.25, -0.2) is 0 Å². The summed E-state index contributed by atoms with van der Waals surface area (Å²) < 4.78 is 5.61. The van der Waals surface area contributed by atoms with Crippen molar-refractivity contribution in [1.82, 2.24) is 10.6 Å². The number of rotatable bonds is 7. The molecule has 0 heterocycles. The molecule has 0 amide bonds. The molecule has 1 aliphatic carbocycles. The molecule has 0 aliphatic heterocycles. The van der Waals surface area contributed by atoms with Gasteiger partial charge in [-0.1, -0.05) is 18.2 Å². The lowest BCUT2D eigenvalue weighted by Crippen LogP contribution is -2.37. The number of thiocarbonyl (C=S) groups is 1.